The first-order valence-electron chi connectivity index (χ1n) is 12.8. The molecule has 3 aromatic carbocycles. The van der Waals surface area contributed by atoms with Crippen LogP contribution in [0.4, 0.5) is 0 Å². The second-order valence-electron chi connectivity index (χ2n) is 10.3. The minimum Gasteiger partial charge on any atom is -0.481 e. The van der Waals surface area contributed by atoms with Crippen LogP contribution in [0, 0.1) is 26.7 Å². The highest BCUT2D eigenvalue weighted by atomic mass is 16.4. The average Bonchev–Trinajstić information content (AvgIpc) is 3.28. The Bertz CT molecular complexity index is 1430. The second-order valence-corrected chi connectivity index (χ2v) is 10.3. The molecule has 0 saturated carbocycles. The Kier molecular flexibility index (Phi) is 7.77. The molecule has 4 aromatic rings. The van der Waals surface area contributed by atoms with Crippen LogP contribution < -0.4 is 5.32 Å². The van der Waals surface area contributed by atoms with E-state index in [1.54, 1.807) is 12.1 Å². The van der Waals surface area contributed by atoms with Gasteiger partial charge in [0, 0.05) is 23.7 Å². The standard InChI is InChI=1S/C31H35N3O3/c1-19(2)16-29(23-7-9-24(10-8-23)31(37)32-15-14-30(35)36)34-18-27-22(5)26(12-13-28(27)33-34)25-11-6-20(3)17-21(25)4/h6-13,17-19,29H,14-16H2,1-5H3,(H,32,37)(H,35,36). The van der Waals surface area contributed by atoms with Crippen LogP contribution in [-0.2, 0) is 4.79 Å². The summed E-state index contributed by atoms with van der Waals surface area (Å²) >= 11 is 0. The minimum absolute atomic E-state index is 0.0282. The quantitative estimate of drug-likeness (QED) is 0.278. The van der Waals surface area contributed by atoms with Crippen LogP contribution in [0.2, 0.25) is 0 Å². The van der Waals surface area contributed by atoms with Gasteiger partial charge in [0.15, 0.2) is 0 Å². The molecule has 0 spiro atoms. The van der Waals surface area contributed by atoms with Gasteiger partial charge in [-0.2, -0.15) is 5.10 Å². The van der Waals surface area contributed by atoms with Crippen molar-refractivity contribution in [2.75, 3.05) is 6.54 Å². The van der Waals surface area contributed by atoms with Gasteiger partial charge < -0.3 is 10.4 Å². The van der Waals surface area contributed by atoms with Gasteiger partial charge in [0.2, 0.25) is 0 Å². The molecule has 4 rings (SSSR count). The Morgan fingerprint density at radius 3 is 2.32 bits per heavy atom. The van der Waals surface area contributed by atoms with E-state index in [1.165, 1.54) is 27.8 Å². The molecule has 1 unspecified atom stereocenters. The Morgan fingerprint density at radius 2 is 1.68 bits per heavy atom. The fraction of sp³-hybridized carbons (Fsp3) is 0.323. The van der Waals surface area contributed by atoms with Crippen LogP contribution >= 0.6 is 0 Å². The zero-order valence-electron chi connectivity index (χ0n) is 22.2. The lowest BCUT2D eigenvalue weighted by molar-refractivity contribution is -0.136. The van der Waals surface area contributed by atoms with Crippen molar-refractivity contribution in [3.8, 4) is 11.1 Å². The summed E-state index contributed by atoms with van der Waals surface area (Å²) in [6.45, 7) is 10.9. The van der Waals surface area contributed by atoms with Gasteiger partial charge in [-0.15, -0.1) is 0 Å². The fourth-order valence-electron chi connectivity index (χ4n) is 4.90. The molecule has 37 heavy (non-hydrogen) atoms. The van der Waals surface area contributed by atoms with E-state index in [0.29, 0.717) is 11.5 Å². The SMILES string of the molecule is Cc1ccc(-c2ccc3nn(C(CC(C)C)c4ccc(C(=O)NCCC(=O)O)cc4)cc3c2C)c(C)c1. The number of hydrogen-bond donors (Lipinski definition) is 2. The minimum atomic E-state index is -0.935. The second kappa shape index (κ2) is 11.0. The highest BCUT2D eigenvalue weighted by Crippen LogP contribution is 2.34. The zero-order valence-corrected chi connectivity index (χ0v) is 22.2. The third-order valence-electron chi connectivity index (χ3n) is 6.84. The fourth-order valence-corrected chi connectivity index (χ4v) is 4.90. The van der Waals surface area contributed by atoms with E-state index in [2.05, 4.69) is 81.1 Å². The molecule has 6 nitrogen and oxygen atoms in total. The van der Waals surface area contributed by atoms with Gasteiger partial charge >= 0.3 is 5.97 Å². The molecular formula is C31H35N3O3. The largest absolute Gasteiger partial charge is 0.481 e. The third kappa shape index (κ3) is 5.91. The molecule has 0 saturated heterocycles. The predicted molar refractivity (Wildman–Crippen MR) is 148 cm³/mol. The van der Waals surface area contributed by atoms with Gasteiger partial charge in [0.05, 0.1) is 18.0 Å². The van der Waals surface area contributed by atoms with Crippen molar-refractivity contribution in [1.82, 2.24) is 15.1 Å². The first kappa shape index (κ1) is 26.1. The number of amides is 1. The maximum absolute atomic E-state index is 12.4. The molecular weight excluding hydrogens is 462 g/mol. The average molecular weight is 498 g/mol. The van der Waals surface area contributed by atoms with Crippen LogP contribution in [0.25, 0.3) is 22.0 Å². The molecule has 192 valence electrons. The number of aryl methyl sites for hydroxylation is 3. The number of nitrogens with zero attached hydrogens (tertiary/aromatic N) is 2. The van der Waals surface area contributed by atoms with Crippen LogP contribution in [-0.4, -0.2) is 33.3 Å². The molecule has 0 aliphatic rings. The number of nitrogens with one attached hydrogen (secondary N) is 1. The van der Waals surface area contributed by atoms with E-state index in [9.17, 15) is 9.59 Å². The first-order valence-corrected chi connectivity index (χ1v) is 12.8. The molecule has 0 bridgehead atoms. The van der Waals surface area contributed by atoms with E-state index < -0.39 is 5.97 Å². The monoisotopic (exact) mass is 497 g/mol. The summed E-state index contributed by atoms with van der Waals surface area (Å²) < 4.78 is 2.06. The molecule has 0 aliphatic carbocycles. The van der Waals surface area contributed by atoms with Gasteiger partial charge in [-0.1, -0.05) is 55.8 Å². The predicted octanol–water partition coefficient (Wildman–Crippen LogP) is 6.47. The van der Waals surface area contributed by atoms with E-state index in [-0.39, 0.29) is 24.9 Å². The zero-order chi connectivity index (χ0) is 26.7. The molecule has 6 heteroatoms. The molecule has 0 fully saturated rings. The molecule has 1 atom stereocenters. The maximum Gasteiger partial charge on any atom is 0.305 e. The molecule has 2 N–H and O–H groups in total. The number of aliphatic carboxylic acids is 1. The summed E-state index contributed by atoms with van der Waals surface area (Å²) in [5, 5.41) is 17.5. The van der Waals surface area contributed by atoms with Crippen LogP contribution in [0.3, 0.4) is 0 Å². The smallest absolute Gasteiger partial charge is 0.305 e. The van der Waals surface area contributed by atoms with Crippen molar-refractivity contribution < 1.29 is 14.7 Å². The Balaban J connectivity index is 1.65. The summed E-state index contributed by atoms with van der Waals surface area (Å²) in [5.41, 5.74) is 8.76. The van der Waals surface area contributed by atoms with Crippen molar-refractivity contribution in [2.45, 2.75) is 53.5 Å². The topological polar surface area (TPSA) is 84.2 Å². The van der Waals surface area contributed by atoms with Crippen LogP contribution in [0.1, 0.15) is 65.3 Å². The number of carbonyl (C=O) groups is 2. The number of aromatic nitrogens is 2. The molecule has 0 aliphatic heterocycles. The third-order valence-corrected chi connectivity index (χ3v) is 6.84. The number of carboxylic acid groups (broad SMARTS) is 1. The summed E-state index contributed by atoms with van der Waals surface area (Å²) in [6.07, 6.45) is 2.95. The lowest BCUT2D eigenvalue weighted by Crippen LogP contribution is -2.26. The number of fused-ring (bicyclic) bond motifs is 1. The van der Waals surface area contributed by atoms with Gasteiger partial charge in [0.25, 0.3) is 5.91 Å². The van der Waals surface area contributed by atoms with Gasteiger partial charge in [-0.25, -0.2) is 0 Å². The molecule has 0 radical (unpaired) electrons. The van der Waals surface area contributed by atoms with Crippen LogP contribution in [0.5, 0.6) is 0 Å². The molecule has 1 heterocycles. The number of carbonyl (C=O) groups excluding carboxylic acids is 1. The maximum atomic E-state index is 12.4. The molecule has 1 aromatic heterocycles. The number of carboxylic acids is 1. The number of benzene rings is 3. The van der Waals surface area contributed by atoms with E-state index in [1.807, 2.05) is 12.1 Å². The Hall–Kier alpha value is -3.93. The summed E-state index contributed by atoms with van der Waals surface area (Å²) in [6, 6.07) is 18.4. The normalized spacial score (nSPS) is 12.2. The highest BCUT2D eigenvalue weighted by molar-refractivity contribution is 5.94. The summed E-state index contributed by atoms with van der Waals surface area (Å²) in [7, 11) is 0. The van der Waals surface area contributed by atoms with Gasteiger partial charge in [0.1, 0.15) is 0 Å². The van der Waals surface area contributed by atoms with Crippen molar-refractivity contribution in [3.05, 3.63) is 88.6 Å². The number of rotatable bonds is 9. The lowest BCUT2D eigenvalue weighted by atomic mass is 9.93. The molecule has 1 amide bonds. The van der Waals surface area contributed by atoms with E-state index >= 15 is 0 Å². The van der Waals surface area contributed by atoms with E-state index in [0.717, 1.165) is 22.9 Å². The number of hydrogen-bond acceptors (Lipinski definition) is 3. The first-order chi connectivity index (χ1) is 17.6. The van der Waals surface area contributed by atoms with E-state index in [4.69, 9.17) is 10.2 Å². The van der Waals surface area contributed by atoms with Gasteiger partial charge in [-0.05, 0) is 79.1 Å². The van der Waals surface area contributed by atoms with Crippen LogP contribution in [0.15, 0.2) is 60.8 Å². The van der Waals surface area contributed by atoms with Crippen molar-refractivity contribution in [1.29, 1.82) is 0 Å². The highest BCUT2D eigenvalue weighted by Gasteiger charge is 2.20. The van der Waals surface area contributed by atoms with Crippen molar-refractivity contribution in [2.24, 2.45) is 5.92 Å². The summed E-state index contributed by atoms with van der Waals surface area (Å²) in [4.78, 5) is 23.1. The van der Waals surface area contributed by atoms with Gasteiger partial charge in [-0.3, -0.25) is 14.3 Å². The Morgan fingerprint density at radius 1 is 0.973 bits per heavy atom. The van der Waals surface area contributed by atoms with Crippen molar-refractivity contribution >= 4 is 22.8 Å². The Labute approximate surface area is 218 Å². The van der Waals surface area contributed by atoms with Crippen molar-refractivity contribution in [3.63, 3.8) is 0 Å². The lowest BCUT2D eigenvalue weighted by Gasteiger charge is -2.20. The summed E-state index contributed by atoms with van der Waals surface area (Å²) in [5.74, 6) is -0.758.